The fourth-order valence-electron chi connectivity index (χ4n) is 1.11. The van der Waals surface area contributed by atoms with Crippen molar-refractivity contribution in [3.8, 4) is 0 Å². The molecule has 2 heterocycles. The molecule has 7 heteroatoms. The number of nitrogens with one attached hydrogen (secondary N) is 1. The van der Waals surface area contributed by atoms with Crippen molar-refractivity contribution >= 4 is 10.0 Å². The quantitative estimate of drug-likeness (QED) is 0.768. The SMILES string of the molecule is Cc1nccn1S(=O)(=O)c1cnc[nH]1. The maximum Gasteiger partial charge on any atom is 0.286 e. The summed E-state index contributed by atoms with van der Waals surface area (Å²) in [6.45, 7) is 1.62. The lowest BCUT2D eigenvalue weighted by molar-refractivity contribution is 0.582. The van der Waals surface area contributed by atoms with Gasteiger partial charge < -0.3 is 4.98 Å². The molecule has 0 unspecified atom stereocenters. The highest BCUT2D eigenvalue weighted by Gasteiger charge is 2.19. The standard InChI is InChI=1S/C7H8N4O2S/c1-6-9-2-3-11(6)14(12,13)7-4-8-5-10-7/h2-5H,1H3,(H,8,10). The molecule has 2 rings (SSSR count). The summed E-state index contributed by atoms with van der Waals surface area (Å²) in [6, 6.07) is 0. The van der Waals surface area contributed by atoms with Crippen LogP contribution in [0.3, 0.4) is 0 Å². The van der Waals surface area contributed by atoms with E-state index >= 15 is 0 Å². The van der Waals surface area contributed by atoms with Crippen molar-refractivity contribution in [1.29, 1.82) is 0 Å². The number of H-pyrrole nitrogens is 1. The van der Waals surface area contributed by atoms with Crippen LogP contribution in [0.15, 0.2) is 29.9 Å². The summed E-state index contributed by atoms with van der Waals surface area (Å²) < 4.78 is 24.8. The smallest absolute Gasteiger partial charge is 0.286 e. The van der Waals surface area contributed by atoms with Gasteiger partial charge in [-0.1, -0.05) is 0 Å². The van der Waals surface area contributed by atoms with Crippen molar-refractivity contribution in [3.05, 3.63) is 30.7 Å². The van der Waals surface area contributed by atoms with E-state index in [1.54, 1.807) is 6.92 Å². The van der Waals surface area contributed by atoms with E-state index in [0.29, 0.717) is 5.82 Å². The zero-order chi connectivity index (χ0) is 10.2. The van der Waals surface area contributed by atoms with Crippen molar-refractivity contribution in [1.82, 2.24) is 18.9 Å². The molecule has 2 aromatic rings. The molecule has 0 bridgehead atoms. The zero-order valence-electron chi connectivity index (χ0n) is 7.38. The molecule has 0 amide bonds. The minimum absolute atomic E-state index is 0.0543. The van der Waals surface area contributed by atoms with Gasteiger partial charge in [0.1, 0.15) is 5.82 Å². The maximum absolute atomic E-state index is 11.8. The van der Waals surface area contributed by atoms with Crippen LogP contribution < -0.4 is 0 Å². The second-order valence-electron chi connectivity index (χ2n) is 2.69. The molecule has 0 saturated heterocycles. The summed E-state index contributed by atoms with van der Waals surface area (Å²) in [5.41, 5.74) is 0. The normalized spacial score (nSPS) is 11.8. The minimum atomic E-state index is -3.55. The molecule has 6 nitrogen and oxygen atoms in total. The number of hydrogen-bond acceptors (Lipinski definition) is 4. The van der Waals surface area contributed by atoms with Crippen LogP contribution in [0.2, 0.25) is 0 Å². The van der Waals surface area contributed by atoms with Crippen molar-refractivity contribution < 1.29 is 8.42 Å². The highest BCUT2D eigenvalue weighted by Crippen LogP contribution is 2.10. The van der Waals surface area contributed by atoms with Crippen molar-refractivity contribution in [2.24, 2.45) is 0 Å². The summed E-state index contributed by atoms with van der Waals surface area (Å²) in [5.74, 6) is 0.416. The van der Waals surface area contributed by atoms with E-state index in [9.17, 15) is 8.42 Å². The van der Waals surface area contributed by atoms with Gasteiger partial charge in [0.05, 0.1) is 12.5 Å². The molecule has 0 aliphatic heterocycles. The molecule has 0 aliphatic rings. The molecule has 0 saturated carbocycles. The van der Waals surface area contributed by atoms with E-state index < -0.39 is 10.0 Å². The van der Waals surface area contributed by atoms with Crippen LogP contribution in [-0.2, 0) is 10.0 Å². The highest BCUT2D eigenvalue weighted by molar-refractivity contribution is 7.89. The van der Waals surface area contributed by atoms with Crippen LogP contribution in [0.25, 0.3) is 0 Å². The van der Waals surface area contributed by atoms with Gasteiger partial charge in [-0.15, -0.1) is 0 Å². The Morgan fingerprint density at radius 3 is 2.79 bits per heavy atom. The van der Waals surface area contributed by atoms with Crippen LogP contribution in [0.5, 0.6) is 0 Å². The highest BCUT2D eigenvalue weighted by atomic mass is 32.2. The van der Waals surface area contributed by atoms with Crippen molar-refractivity contribution in [2.45, 2.75) is 11.9 Å². The van der Waals surface area contributed by atoms with Crippen molar-refractivity contribution in [2.75, 3.05) is 0 Å². The second-order valence-corrected chi connectivity index (χ2v) is 4.47. The molecule has 0 aromatic carbocycles. The number of aromatic nitrogens is 4. The van der Waals surface area contributed by atoms with E-state index in [0.717, 1.165) is 3.97 Å². The van der Waals surface area contributed by atoms with Crippen LogP contribution in [0, 0.1) is 6.92 Å². The Morgan fingerprint density at radius 1 is 1.50 bits per heavy atom. The summed E-state index contributed by atoms with van der Waals surface area (Å²) >= 11 is 0. The Labute approximate surface area is 80.7 Å². The number of nitrogens with zero attached hydrogens (tertiary/aromatic N) is 3. The Kier molecular flexibility index (Phi) is 1.88. The molecule has 14 heavy (non-hydrogen) atoms. The lowest BCUT2D eigenvalue weighted by atomic mass is 10.8. The monoisotopic (exact) mass is 212 g/mol. The van der Waals surface area contributed by atoms with E-state index in [2.05, 4.69) is 15.0 Å². The van der Waals surface area contributed by atoms with Gasteiger partial charge in [-0.05, 0) is 6.92 Å². The summed E-state index contributed by atoms with van der Waals surface area (Å²) in [5, 5.41) is 0.0543. The van der Waals surface area contributed by atoms with Gasteiger partial charge in [-0.25, -0.2) is 13.9 Å². The Balaban J connectivity index is 2.60. The van der Waals surface area contributed by atoms with Gasteiger partial charge >= 0.3 is 0 Å². The fourth-order valence-corrected chi connectivity index (χ4v) is 2.33. The number of rotatable bonds is 2. The van der Waals surface area contributed by atoms with Crippen LogP contribution in [-0.4, -0.2) is 27.3 Å². The predicted molar refractivity (Wildman–Crippen MR) is 48.1 cm³/mol. The molecule has 0 radical (unpaired) electrons. The van der Waals surface area contributed by atoms with E-state index in [-0.39, 0.29) is 5.03 Å². The topological polar surface area (TPSA) is 80.6 Å². The van der Waals surface area contributed by atoms with Gasteiger partial charge in [-0.3, -0.25) is 0 Å². The first-order valence-corrected chi connectivity index (χ1v) is 5.30. The van der Waals surface area contributed by atoms with Gasteiger partial charge in [-0.2, -0.15) is 8.42 Å². The average molecular weight is 212 g/mol. The molecule has 2 aromatic heterocycles. The molecule has 0 fully saturated rings. The molecule has 74 valence electrons. The number of aryl methyl sites for hydroxylation is 1. The lowest BCUT2D eigenvalue weighted by Gasteiger charge is -2.03. The van der Waals surface area contributed by atoms with Crippen LogP contribution in [0.4, 0.5) is 0 Å². The van der Waals surface area contributed by atoms with Gasteiger partial charge in [0.25, 0.3) is 10.0 Å². The fraction of sp³-hybridized carbons (Fsp3) is 0.143. The molecular formula is C7H8N4O2S. The lowest BCUT2D eigenvalue weighted by Crippen LogP contribution is -2.13. The summed E-state index contributed by atoms with van der Waals surface area (Å²) in [6.07, 6.45) is 5.41. The first kappa shape index (κ1) is 8.95. The maximum atomic E-state index is 11.8. The van der Waals surface area contributed by atoms with E-state index in [1.807, 2.05) is 0 Å². The van der Waals surface area contributed by atoms with Gasteiger partial charge in [0, 0.05) is 12.4 Å². The predicted octanol–water partition coefficient (Wildman–Crippen LogP) is 0.152. The van der Waals surface area contributed by atoms with Crippen LogP contribution in [0.1, 0.15) is 5.82 Å². The summed E-state index contributed by atoms with van der Waals surface area (Å²) in [7, 11) is -3.55. The Hall–Kier alpha value is -1.63. The molecular weight excluding hydrogens is 204 g/mol. The molecule has 0 atom stereocenters. The van der Waals surface area contributed by atoms with Gasteiger partial charge in [0.2, 0.25) is 0 Å². The summed E-state index contributed by atoms with van der Waals surface area (Å²) in [4.78, 5) is 10.0. The first-order valence-electron chi connectivity index (χ1n) is 3.86. The number of imidazole rings is 2. The minimum Gasteiger partial charge on any atom is -0.334 e. The van der Waals surface area contributed by atoms with E-state index in [4.69, 9.17) is 0 Å². The number of hydrogen-bond donors (Lipinski definition) is 1. The Bertz CT molecular complexity index is 526. The van der Waals surface area contributed by atoms with E-state index in [1.165, 1.54) is 24.9 Å². The first-order chi connectivity index (χ1) is 6.62. The van der Waals surface area contributed by atoms with Crippen LogP contribution >= 0.6 is 0 Å². The van der Waals surface area contributed by atoms with Gasteiger partial charge in [0.15, 0.2) is 5.03 Å². The Morgan fingerprint density at radius 2 is 2.29 bits per heavy atom. The average Bonchev–Trinajstić information content (AvgIpc) is 2.72. The molecule has 0 spiro atoms. The number of aromatic amines is 1. The van der Waals surface area contributed by atoms with Crippen molar-refractivity contribution in [3.63, 3.8) is 0 Å². The third kappa shape index (κ3) is 1.22. The third-order valence-electron chi connectivity index (χ3n) is 1.79. The second kappa shape index (κ2) is 2.95. The third-order valence-corrected chi connectivity index (χ3v) is 3.48. The molecule has 1 N–H and O–H groups in total. The molecule has 0 aliphatic carbocycles. The zero-order valence-corrected chi connectivity index (χ0v) is 8.19. The largest absolute Gasteiger partial charge is 0.334 e.